The zero-order valence-electron chi connectivity index (χ0n) is 12.0. The second kappa shape index (κ2) is 5.11. The van der Waals surface area contributed by atoms with Gasteiger partial charge in [0.2, 0.25) is 0 Å². The summed E-state index contributed by atoms with van der Waals surface area (Å²) in [5.41, 5.74) is 1.40. The number of fused-ring (bicyclic) bond motifs is 1. The molecule has 0 aromatic carbocycles. The van der Waals surface area contributed by atoms with Crippen LogP contribution in [0.3, 0.4) is 0 Å². The summed E-state index contributed by atoms with van der Waals surface area (Å²) in [5, 5.41) is 2.19. The zero-order valence-corrected chi connectivity index (χ0v) is 14.4. The fraction of sp³-hybridized carbons (Fsp3) is 0.467. The van der Waals surface area contributed by atoms with Crippen molar-refractivity contribution in [2.75, 3.05) is 11.4 Å². The molecule has 0 atom stereocenters. The Bertz CT molecular complexity index is 630. The zero-order chi connectivity index (χ0) is 14.3. The van der Waals surface area contributed by atoms with Crippen LogP contribution in [0, 0.1) is 0 Å². The van der Waals surface area contributed by atoms with Crippen molar-refractivity contribution in [2.24, 2.45) is 0 Å². The topological polar surface area (TPSA) is 29.0 Å². The molecule has 106 valence electrons. The predicted octanol–water partition coefficient (Wildman–Crippen LogP) is 4.16. The van der Waals surface area contributed by atoms with Crippen molar-refractivity contribution in [3.8, 4) is 0 Å². The van der Waals surface area contributed by atoms with Crippen LogP contribution in [-0.4, -0.2) is 16.5 Å². The molecular weight excluding hydrogens is 334 g/mol. The Balaban J connectivity index is 1.93. The molecule has 0 aliphatic carbocycles. The molecule has 1 aliphatic heterocycles. The lowest BCUT2D eigenvalue weighted by molar-refractivity contribution is 0.541. The first-order valence-electron chi connectivity index (χ1n) is 6.79. The van der Waals surface area contributed by atoms with Crippen molar-refractivity contribution >= 4 is 33.1 Å². The Hall–Kier alpha value is -0.940. The average molecular weight is 352 g/mol. The second-order valence-electron chi connectivity index (χ2n) is 6.16. The van der Waals surface area contributed by atoms with Crippen molar-refractivity contribution in [2.45, 2.75) is 39.2 Å². The number of aromatic nitrogens is 2. The molecule has 0 N–H and O–H groups in total. The van der Waals surface area contributed by atoms with Gasteiger partial charge in [0.15, 0.2) is 0 Å². The molecule has 0 saturated heterocycles. The molecule has 3 nitrogen and oxygen atoms in total. The van der Waals surface area contributed by atoms with Crippen LogP contribution in [0.2, 0.25) is 0 Å². The minimum Gasteiger partial charge on any atom is -0.352 e. The van der Waals surface area contributed by atoms with E-state index in [0.717, 1.165) is 35.8 Å². The Labute approximate surface area is 132 Å². The van der Waals surface area contributed by atoms with Crippen LogP contribution in [0.1, 0.15) is 37.0 Å². The van der Waals surface area contributed by atoms with Gasteiger partial charge in [0.25, 0.3) is 0 Å². The summed E-state index contributed by atoms with van der Waals surface area (Å²) in [5.74, 6) is 1.91. The standard InChI is InChI=1S/C15H18BrN3S/c1-15(2,3)14-17-12(16)8-13(18-14)19-6-4-11-10(9-19)5-7-20-11/h5,7-8H,4,6,9H2,1-3H3. The first-order chi connectivity index (χ1) is 9.43. The van der Waals surface area contributed by atoms with Gasteiger partial charge in [-0.3, -0.25) is 0 Å². The number of rotatable bonds is 1. The van der Waals surface area contributed by atoms with Crippen LogP contribution in [0.4, 0.5) is 5.82 Å². The third kappa shape index (κ3) is 2.74. The average Bonchev–Trinajstić information content (AvgIpc) is 2.84. The van der Waals surface area contributed by atoms with Crippen LogP contribution in [0.5, 0.6) is 0 Å². The van der Waals surface area contributed by atoms with E-state index in [1.807, 2.05) is 17.4 Å². The minimum atomic E-state index is -0.0398. The molecule has 0 amide bonds. The molecule has 0 spiro atoms. The largest absolute Gasteiger partial charge is 0.352 e. The van der Waals surface area contributed by atoms with E-state index in [4.69, 9.17) is 4.98 Å². The van der Waals surface area contributed by atoms with Crippen molar-refractivity contribution in [3.05, 3.63) is 38.4 Å². The SMILES string of the molecule is CC(C)(C)c1nc(Br)cc(N2CCc3sccc3C2)n1. The molecule has 3 rings (SSSR count). The minimum absolute atomic E-state index is 0.0398. The van der Waals surface area contributed by atoms with Gasteiger partial charge in [0.05, 0.1) is 0 Å². The lowest BCUT2D eigenvalue weighted by Gasteiger charge is -2.29. The molecular formula is C15H18BrN3S. The first kappa shape index (κ1) is 14.0. The summed E-state index contributed by atoms with van der Waals surface area (Å²) in [4.78, 5) is 13.2. The van der Waals surface area contributed by atoms with Gasteiger partial charge in [-0.05, 0) is 39.4 Å². The summed E-state index contributed by atoms with van der Waals surface area (Å²) >= 11 is 5.39. The van der Waals surface area contributed by atoms with Gasteiger partial charge >= 0.3 is 0 Å². The monoisotopic (exact) mass is 351 g/mol. The highest BCUT2D eigenvalue weighted by atomic mass is 79.9. The molecule has 20 heavy (non-hydrogen) atoms. The maximum absolute atomic E-state index is 4.77. The molecule has 5 heteroatoms. The van der Waals surface area contributed by atoms with Gasteiger partial charge in [-0.2, -0.15) is 0 Å². The van der Waals surface area contributed by atoms with E-state index < -0.39 is 0 Å². The lowest BCUT2D eigenvalue weighted by atomic mass is 9.96. The molecule has 0 saturated carbocycles. The highest BCUT2D eigenvalue weighted by molar-refractivity contribution is 9.10. The third-order valence-electron chi connectivity index (χ3n) is 3.48. The molecule has 0 radical (unpaired) electrons. The summed E-state index contributed by atoms with van der Waals surface area (Å²) in [6, 6.07) is 4.25. The Kier molecular flexibility index (Phi) is 3.58. The Morgan fingerprint density at radius 3 is 2.85 bits per heavy atom. The van der Waals surface area contributed by atoms with E-state index >= 15 is 0 Å². The number of hydrogen-bond donors (Lipinski definition) is 0. The second-order valence-corrected chi connectivity index (χ2v) is 7.98. The van der Waals surface area contributed by atoms with Gasteiger partial charge in [-0.25, -0.2) is 9.97 Å². The van der Waals surface area contributed by atoms with Crippen LogP contribution in [0.25, 0.3) is 0 Å². The van der Waals surface area contributed by atoms with Crippen LogP contribution in [0.15, 0.2) is 22.1 Å². The number of anilines is 1. The predicted molar refractivity (Wildman–Crippen MR) is 87.5 cm³/mol. The van der Waals surface area contributed by atoms with Crippen LogP contribution >= 0.6 is 27.3 Å². The fourth-order valence-corrected chi connectivity index (χ4v) is 3.61. The van der Waals surface area contributed by atoms with E-state index in [1.54, 1.807) is 0 Å². The molecule has 0 unspecified atom stereocenters. The van der Waals surface area contributed by atoms with E-state index in [1.165, 1.54) is 10.4 Å². The summed E-state index contributed by atoms with van der Waals surface area (Å²) in [6.07, 6.45) is 1.11. The van der Waals surface area contributed by atoms with E-state index in [9.17, 15) is 0 Å². The maximum atomic E-state index is 4.77. The highest BCUT2D eigenvalue weighted by Gasteiger charge is 2.23. The smallest absolute Gasteiger partial charge is 0.137 e. The summed E-state index contributed by atoms with van der Waals surface area (Å²) in [7, 11) is 0. The number of halogens is 1. The summed E-state index contributed by atoms with van der Waals surface area (Å²) < 4.78 is 0.864. The maximum Gasteiger partial charge on any atom is 0.137 e. The van der Waals surface area contributed by atoms with Crippen molar-refractivity contribution in [1.29, 1.82) is 0 Å². The van der Waals surface area contributed by atoms with E-state index in [0.29, 0.717) is 0 Å². The lowest BCUT2D eigenvalue weighted by Crippen LogP contribution is -2.31. The molecule has 2 aromatic rings. The van der Waals surface area contributed by atoms with Gasteiger partial charge in [0.1, 0.15) is 16.2 Å². The van der Waals surface area contributed by atoms with E-state index in [2.05, 4.69) is 58.0 Å². The van der Waals surface area contributed by atoms with Gasteiger partial charge in [-0.1, -0.05) is 20.8 Å². The number of thiophene rings is 1. The molecule has 2 aromatic heterocycles. The first-order valence-corrected chi connectivity index (χ1v) is 8.46. The number of nitrogens with zero attached hydrogens (tertiary/aromatic N) is 3. The normalized spacial score (nSPS) is 15.3. The highest BCUT2D eigenvalue weighted by Crippen LogP contribution is 2.29. The summed E-state index contributed by atoms with van der Waals surface area (Å²) in [6.45, 7) is 8.41. The molecule has 0 bridgehead atoms. The van der Waals surface area contributed by atoms with Crippen LogP contribution < -0.4 is 4.90 Å². The third-order valence-corrected chi connectivity index (χ3v) is 4.91. The van der Waals surface area contributed by atoms with E-state index in [-0.39, 0.29) is 5.41 Å². The molecule has 3 heterocycles. The quantitative estimate of drug-likeness (QED) is 0.722. The van der Waals surface area contributed by atoms with Gasteiger partial charge in [0, 0.05) is 29.4 Å². The van der Waals surface area contributed by atoms with Crippen LogP contribution in [-0.2, 0) is 18.4 Å². The van der Waals surface area contributed by atoms with Crippen molar-refractivity contribution in [3.63, 3.8) is 0 Å². The van der Waals surface area contributed by atoms with Crippen molar-refractivity contribution < 1.29 is 0 Å². The Morgan fingerprint density at radius 2 is 2.10 bits per heavy atom. The molecule has 0 fully saturated rings. The Morgan fingerprint density at radius 1 is 1.30 bits per heavy atom. The fourth-order valence-electron chi connectivity index (χ4n) is 2.35. The van der Waals surface area contributed by atoms with Gasteiger partial charge < -0.3 is 4.90 Å². The number of hydrogen-bond acceptors (Lipinski definition) is 4. The van der Waals surface area contributed by atoms with Crippen molar-refractivity contribution in [1.82, 2.24) is 9.97 Å². The van der Waals surface area contributed by atoms with Gasteiger partial charge in [-0.15, -0.1) is 11.3 Å². The molecule has 1 aliphatic rings.